The summed E-state index contributed by atoms with van der Waals surface area (Å²) in [6, 6.07) is 1.77. The third-order valence-corrected chi connectivity index (χ3v) is 2.26. The van der Waals surface area contributed by atoms with E-state index in [-0.39, 0.29) is 5.69 Å². The fourth-order valence-corrected chi connectivity index (χ4v) is 1.49. The van der Waals surface area contributed by atoms with Gasteiger partial charge in [-0.3, -0.25) is 0 Å². The zero-order chi connectivity index (χ0) is 11.7. The highest BCUT2D eigenvalue weighted by atomic mass is 16.5. The molecule has 0 aliphatic rings. The Bertz CT molecular complexity index is 527. The Morgan fingerprint density at radius 1 is 1.56 bits per heavy atom. The molecule has 0 amide bonds. The molecule has 0 saturated carbocycles. The number of carbonyl (C=O) groups is 1. The molecule has 0 unspecified atom stereocenters. The van der Waals surface area contributed by atoms with Crippen molar-refractivity contribution in [1.29, 1.82) is 0 Å². The molecule has 0 spiro atoms. The molecule has 6 heteroatoms. The zero-order valence-electron chi connectivity index (χ0n) is 8.97. The van der Waals surface area contributed by atoms with E-state index in [1.165, 1.54) is 6.20 Å². The minimum Gasteiger partial charge on any atom is -0.477 e. The fourth-order valence-electron chi connectivity index (χ4n) is 1.49. The van der Waals surface area contributed by atoms with Crippen molar-refractivity contribution in [1.82, 2.24) is 14.7 Å². The molecule has 0 bridgehead atoms. The molecular weight excluding hydrogens is 210 g/mol. The van der Waals surface area contributed by atoms with Crippen LogP contribution >= 0.6 is 0 Å². The van der Waals surface area contributed by atoms with E-state index in [1.54, 1.807) is 17.6 Å². The summed E-state index contributed by atoms with van der Waals surface area (Å²) in [6.45, 7) is 3.88. The van der Waals surface area contributed by atoms with Crippen molar-refractivity contribution in [2.24, 2.45) is 0 Å². The molecule has 2 aromatic heterocycles. The maximum Gasteiger partial charge on any atom is 0.354 e. The minimum atomic E-state index is -1.00. The first-order valence-electron chi connectivity index (χ1n) is 4.75. The van der Waals surface area contributed by atoms with Gasteiger partial charge in [0.05, 0.1) is 18.4 Å². The first-order valence-corrected chi connectivity index (χ1v) is 4.75. The number of aryl methyl sites for hydroxylation is 2. The van der Waals surface area contributed by atoms with Crippen molar-refractivity contribution >= 4 is 5.97 Å². The Morgan fingerprint density at radius 3 is 2.88 bits per heavy atom. The van der Waals surface area contributed by atoms with E-state index in [2.05, 4.69) is 10.1 Å². The van der Waals surface area contributed by atoms with Gasteiger partial charge >= 0.3 is 5.97 Å². The topological polar surface area (TPSA) is 81.2 Å². The predicted molar refractivity (Wildman–Crippen MR) is 54.3 cm³/mol. The minimum absolute atomic E-state index is 0.145. The second-order valence-corrected chi connectivity index (χ2v) is 3.52. The first-order chi connectivity index (χ1) is 7.58. The van der Waals surface area contributed by atoms with Crippen LogP contribution in [0.15, 0.2) is 16.8 Å². The summed E-state index contributed by atoms with van der Waals surface area (Å²) in [5, 5.41) is 12.7. The smallest absolute Gasteiger partial charge is 0.354 e. The maximum atomic E-state index is 10.9. The predicted octanol–water partition coefficient (Wildman–Crippen LogP) is 1.23. The maximum absolute atomic E-state index is 10.9. The summed E-state index contributed by atoms with van der Waals surface area (Å²) in [4.78, 5) is 14.9. The lowest BCUT2D eigenvalue weighted by Gasteiger charge is -2.04. The molecule has 84 valence electrons. The number of rotatable bonds is 3. The van der Waals surface area contributed by atoms with Crippen LogP contribution in [0.25, 0.3) is 0 Å². The van der Waals surface area contributed by atoms with Gasteiger partial charge in [-0.05, 0) is 13.8 Å². The third kappa shape index (κ3) is 1.81. The summed E-state index contributed by atoms with van der Waals surface area (Å²) >= 11 is 0. The van der Waals surface area contributed by atoms with Gasteiger partial charge in [0.2, 0.25) is 0 Å². The molecule has 1 N–H and O–H groups in total. The molecule has 0 aliphatic carbocycles. The monoisotopic (exact) mass is 221 g/mol. The van der Waals surface area contributed by atoms with E-state index < -0.39 is 5.97 Å². The van der Waals surface area contributed by atoms with Gasteiger partial charge in [0.25, 0.3) is 0 Å². The van der Waals surface area contributed by atoms with Crippen molar-refractivity contribution in [3.8, 4) is 0 Å². The summed E-state index contributed by atoms with van der Waals surface area (Å²) in [6.07, 6.45) is 1.33. The van der Waals surface area contributed by atoms with E-state index in [9.17, 15) is 4.79 Å². The van der Waals surface area contributed by atoms with Gasteiger partial charge in [0.1, 0.15) is 11.5 Å². The second kappa shape index (κ2) is 3.80. The highest BCUT2D eigenvalue weighted by Gasteiger charge is 2.14. The molecule has 0 radical (unpaired) electrons. The summed E-state index contributed by atoms with van der Waals surface area (Å²) in [5.74, 6) is 0.240. The van der Waals surface area contributed by atoms with Crippen molar-refractivity contribution in [3.05, 3.63) is 35.2 Å². The zero-order valence-corrected chi connectivity index (χ0v) is 8.97. The summed E-state index contributed by atoms with van der Waals surface area (Å²) in [7, 11) is 0. The lowest BCUT2D eigenvalue weighted by atomic mass is 10.3. The molecule has 2 heterocycles. The Labute approximate surface area is 91.5 Å². The Hall–Kier alpha value is -2.11. The number of imidazole rings is 1. The van der Waals surface area contributed by atoms with Crippen LogP contribution in [0.3, 0.4) is 0 Å². The van der Waals surface area contributed by atoms with E-state index in [0.717, 1.165) is 5.69 Å². The van der Waals surface area contributed by atoms with E-state index >= 15 is 0 Å². The Kier molecular flexibility index (Phi) is 2.47. The number of hydrogen-bond acceptors (Lipinski definition) is 4. The standard InChI is InChI=1S/C10H11N3O3/c1-6-3-8(16-12-6)5-13-7(2)11-4-9(13)10(14)15/h3-4H,5H2,1-2H3,(H,14,15). The largest absolute Gasteiger partial charge is 0.477 e. The van der Waals surface area contributed by atoms with Gasteiger partial charge in [-0.1, -0.05) is 5.16 Å². The molecule has 0 aromatic carbocycles. The fraction of sp³-hybridized carbons (Fsp3) is 0.300. The van der Waals surface area contributed by atoms with Crippen LogP contribution in [0.4, 0.5) is 0 Å². The van der Waals surface area contributed by atoms with E-state index in [0.29, 0.717) is 18.1 Å². The molecule has 2 rings (SSSR count). The normalized spacial score (nSPS) is 10.6. The number of aromatic nitrogens is 3. The van der Waals surface area contributed by atoms with Gasteiger partial charge in [-0.2, -0.15) is 0 Å². The molecular formula is C10H11N3O3. The SMILES string of the molecule is Cc1cc(Cn2c(C(=O)O)cnc2C)on1. The van der Waals surface area contributed by atoms with Crippen LogP contribution in [-0.2, 0) is 6.54 Å². The Balaban J connectivity index is 2.33. The molecule has 16 heavy (non-hydrogen) atoms. The molecule has 0 fully saturated rings. The molecule has 2 aromatic rings. The number of aromatic carboxylic acids is 1. The average Bonchev–Trinajstić information content (AvgIpc) is 2.76. The van der Waals surface area contributed by atoms with Crippen LogP contribution in [-0.4, -0.2) is 25.8 Å². The average molecular weight is 221 g/mol. The summed E-state index contributed by atoms with van der Waals surface area (Å²) in [5.41, 5.74) is 0.913. The second-order valence-electron chi connectivity index (χ2n) is 3.52. The van der Waals surface area contributed by atoms with Crippen LogP contribution in [0, 0.1) is 13.8 Å². The van der Waals surface area contributed by atoms with Crippen molar-refractivity contribution < 1.29 is 14.4 Å². The van der Waals surface area contributed by atoms with Gasteiger partial charge in [0.15, 0.2) is 5.76 Å². The summed E-state index contributed by atoms with van der Waals surface area (Å²) < 4.78 is 6.61. The van der Waals surface area contributed by atoms with E-state index in [4.69, 9.17) is 9.63 Å². The van der Waals surface area contributed by atoms with Crippen LogP contribution in [0.5, 0.6) is 0 Å². The van der Waals surface area contributed by atoms with Crippen LogP contribution in [0.1, 0.15) is 27.8 Å². The van der Waals surface area contributed by atoms with Gasteiger partial charge in [0, 0.05) is 6.07 Å². The highest BCUT2D eigenvalue weighted by molar-refractivity contribution is 5.85. The molecule has 0 atom stereocenters. The highest BCUT2D eigenvalue weighted by Crippen LogP contribution is 2.10. The quantitative estimate of drug-likeness (QED) is 0.843. The third-order valence-electron chi connectivity index (χ3n) is 2.26. The number of hydrogen-bond donors (Lipinski definition) is 1. The Morgan fingerprint density at radius 2 is 2.31 bits per heavy atom. The van der Waals surface area contributed by atoms with Gasteiger partial charge in [-0.25, -0.2) is 9.78 Å². The van der Waals surface area contributed by atoms with Crippen molar-refractivity contribution in [2.45, 2.75) is 20.4 Å². The molecule has 0 aliphatic heterocycles. The van der Waals surface area contributed by atoms with Crippen LogP contribution < -0.4 is 0 Å². The molecule has 0 saturated heterocycles. The van der Waals surface area contributed by atoms with Crippen molar-refractivity contribution in [2.75, 3.05) is 0 Å². The lowest BCUT2D eigenvalue weighted by molar-refractivity contribution is 0.0685. The van der Waals surface area contributed by atoms with Gasteiger partial charge in [-0.15, -0.1) is 0 Å². The van der Waals surface area contributed by atoms with E-state index in [1.807, 2.05) is 6.92 Å². The molecule has 6 nitrogen and oxygen atoms in total. The lowest BCUT2D eigenvalue weighted by Crippen LogP contribution is -2.10. The van der Waals surface area contributed by atoms with Crippen LogP contribution in [0.2, 0.25) is 0 Å². The number of nitrogens with zero attached hydrogens (tertiary/aromatic N) is 3. The number of carboxylic acid groups (broad SMARTS) is 1. The number of carboxylic acids is 1. The van der Waals surface area contributed by atoms with Gasteiger partial charge < -0.3 is 14.2 Å². The van der Waals surface area contributed by atoms with Crippen molar-refractivity contribution in [3.63, 3.8) is 0 Å². The first kappa shape index (κ1) is 10.4.